The lowest BCUT2D eigenvalue weighted by molar-refractivity contribution is 1.09. The standard InChI is InChI=1S/C12H10N2/c13-7-9-5-6-10(8-14)12-4-2-1-3-11(9)12/h1-6H,7,13H2. The molecule has 0 saturated carbocycles. The van der Waals surface area contributed by atoms with Crippen molar-refractivity contribution < 1.29 is 0 Å². The van der Waals surface area contributed by atoms with Crippen LogP contribution < -0.4 is 5.73 Å². The van der Waals surface area contributed by atoms with Crippen molar-refractivity contribution >= 4 is 10.8 Å². The molecule has 2 rings (SSSR count). The smallest absolute Gasteiger partial charge is 0.0998 e. The first-order valence-corrected chi connectivity index (χ1v) is 4.47. The molecule has 2 heteroatoms. The molecule has 0 aliphatic rings. The van der Waals surface area contributed by atoms with Crippen molar-refractivity contribution in [3.8, 4) is 6.07 Å². The van der Waals surface area contributed by atoms with E-state index in [9.17, 15) is 0 Å². The Morgan fingerprint density at radius 1 is 1.07 bits per heavy atom. The highest BCUT2D eigenvalue weighted by molar-refractivity contribution is 5.90. The summed E-state index contributed by atoms with van der Waals surface area (Å²) in [6, 6.07) is 13.8. The zero-order valence-corrected chi connectivity index (χ0v) is 7.70. The topological polar surface area (TPSA) is 49.8 Å². The van der Waals surface area contributed by atoms with Crippen LogP contribution in [0.5, 0.6) is 0 Å². The molecule has 0 aliphatic carbocycles. The van der Waals surface area contributed by atoms with Crippen LogP contribution in [0.2, 0.25) is 0 Å². The van der Waals surface area contributed by atoms with Crippen LogP contribution in [0.4, 0.5) is 0 Å². The lowest BCUT2D eigenvalue weighted by Gasteiger charge is -2.04. The summed E-state index contributed by atoms with van der Waals surface area (Å²) in [5.74, 6) is 0. The molecule has 0 unspecified atom stereocenters. The lowest BCUT2D eigenvalue weighted by Crippen LogP contribution is -1.97. The number of benzene rings is 2. The Balaban J connectivity index is 2.87. The summed E-state index contributed by atoms with van der Waals surface area (Å²) >= 11 is 0. The first-order chi connectivity index (χ1) is 6.86. The van der Waals surface area contributed by atoms with Crippen molar-refractivity contribution in [2.24, 2.45) is 5.73 Å². The van der Waals surface area contributed by atoms with Gasteiger partial charge in [-0.2, -0.15) is 5.26 Å². The highest BCUT2D eigenvalue weighted by Crippen LogP contribution is 2.21. The molecule has 0 aliphatic heterocycles. The Labute approximate surface area is 82.6 Å². The fourth-order valence-electron chi connectivity index (χ4n) is 1.64. The van der Waals surface area contributed by atoms with Crippen molar-refractivity contribution in [3.05, 3.63) is 47.5 Å². The van der Waals surface area contributed by atoms with E-state index in [2.05, 4.69) is 6.07 Å². The van der Waals surface area contributed by atoms with Gasteiger partial charge in [0.1, 0.15) is 0 Å². The highest BCUT2D eigenvalue weighted by atomic mass is 14.5. The largest absolute Gasteiger partial charge is 0.326 e. The maximum Gasteiger partial charge on any atom is 0.0998 e. The summed E-state index contributed by atoms with van der Waals surface area (Å²) in [5.41, 5.74) is 7.41. The maximum atomic E-state index is 8.92. The maximum absolute atomic E-state index is 8.92. The molecule has 2 nitrogen and oxygen atoms in total. The molecular weight excluding hydrogens is 172 g/mol. The van der Waals surface area contributed by atoms with E-state index in [1.54, 1.807) is 0 Å². The molecule has 2 aromatic rings. The van der Waals surface area contributed by atoms with Crippen LogP contribution >= 0.6 is 0 Å². The first-order valence-electron chi connectivity index (χ1n) is 4.47. The van der Waals surface area contributed by atoms with Crippen molar-refractivity contribution in [3.63, 3.8) is 0 Å². The van der Waals surface area contributed by atoms with Gasteiger partial charge in [-0.3, -0.25) is 0 Å². The number of nitrogens with two attached hydrogens (primary N) is 1. The monoisotopic (exact) mass is 182 g/mol. The molecule has 0 aromatic heterocycles. The van der Waals surface area contributed by atoms with Crippen LogP contribution in [0.3, 0.4) is 0 Å². The minimum Gasteiger partial charge on any atom is -0.326 e. The number of nitriles is 1. The lowest BCUT2D eigenvalue weighted by atomic mass is 10.0. The van der Waals surface area contributed by atoms with Crippen molar-refractivity contribution in [1.29, 1.82) is 5.26 Å². The van der Waals surface area contributed by atoms with Gasteiger partial charge in [-0.25, -0.2) is 0 Å². The molecule has 14 heavy (non-hydrogen) atoms. The Morgan fingerprint density at radius 3 is 2.43 bits per heavy atom. The van der Waals surface area contributed by atoms with Gasteiger partial charge in [0.15, 0.2) is 0 Å². The third-order valence-corrected chi connectivity index (χ3v) is 2.35. The van der Waals surface area contributed by atoms with Crippen LogP contribution in [0.25, 0.3) is 10.8 Å². The van der Waals surface area contributed by atoms with Crippen LogP contribution in [0, 0.1) is 11.3 Å². The van der Waals surface area contributed by atoms with Gasteiger partial charge in [-0.15, -0.1) is 0 Å². The predicted molar refractivity (Wildman–Crippen MR) is 56.6 cm³/mol. The van der Waals surface area contributed by atoms with Crippen LogP contribution in [0.15, 0.2) is 36.4 Å². The number of hydrogen-bond donors (Lipinski definition) is 1. The quantitative estimate of drug-likeness (QED) is 0.734. The Bertz CT molecular complexity index is 509. The summed E-state index contributed by atoms with van der Waals surface area (Å²) in [6.45, 7) is 0.506. The van der Waals surface area contributed by atoms with E-state index >= 15 is 0 Å². The summed E-state index contributed by atoms with van der Waals surface area (Å²) in [6.07, 6.45) is 0. The van der Waals surface area contributed by atoms with Crippen molar-refractivity contribution in [2.75, 3.05) is 0 Å². The first kappa shape index (κ1) is 8.74. The molecule has 0 heterocycles. The molecule has 0 amide bonds. The van der Waals surface area contributed by atoms with Gasteiger partial charge in [-0.1, -0.05) is 30.3 Å². The molecule has 0 bridgehead atoms. The van der Waals surface area contributed by atoms with Gasteiger partial charge >= 0.3 is 0 Å². The number of rotatable bonds is 1. The van der Waals surface area contributed by atoms with Crippen molar-refractivity contribution in [2.45, 2.75) is 6.54 Å². The third kappa shape index (κ3) is 1.24. The second-order valence-corrected chi connectivity index (χ2v) is 3.13. The number of nitrogens with zero attached hydrogens (tertiary/aromatic N) is 1. The minimum absolute atomic E-state index is 0.506. The summed E-state index contributed by atoms with van der Waals surface area (Å²) in [5, 5.41) is 11.0. The zero-order valence-electron chi connectivity index (χ0n) is 7.70. The second-order valence-electron chi connectivity index (χ2n) is 3.13. The Morgan fingerprint density at radius 2 is 1.79 bits per heavy atom. The molecule has 0 fully saturated rings. The molecular formula is C12H10N2. The van der Waals surface area contributed by atoms with Crippen molar-refractivity contribution in [1.82, 2.24) is 0 Å². The minimum atomic E-state index is 0.506. The van der Waals surface area contributed by atoms with E-state index in [4.69, 9.17) is 11.0 Å². The molecule has 2 N–H and O–H groups in total. The molecule has 2 aromatic carbocycles. The fourth-order valence-corrected chi connectivity index (χ4v) is 1.64. The molecule has 68 valence electrons. The zero-order chi connectivity index (χ0) is 9.97. The van der Waals surface area contributed by atoms with E-state index in [-0.39, 0.29) is 0 Å². The highest BCUT2D eigenvalue weighted by Gasteiger charge is 2.02. The molecule has 0 saturated heterocycles. The van der Waals surface area contributed by atoms with E-state index in [1.165, 1.54) is 0 Å². The SMILES string of the molecule is N#Cc1ccc(CN)c2ccccc12. The number of fused-ring (bicyclic) bond motifs is 1. The summed E-state index contributed by atoms with van der Waals surface area (Å²) < 4.78 is 0. The van der Waals surface area contributed by atoms with Gasteiger partial charge < -0.3 is 5.73 Å². The van der Waals surface area contributed by atoms with Crippen LogP contribution in [-0.2, 0) is 6.54 Å². The normalized spacial score (nSPS) is 10.0. The van der Waals surface area contributed by atoms with E-state index in [1.807, 2.05) is 36.4 Å². The van der Waals surface area contributed by atoms with Gasteiger partial charge in [0, 0.05) is 6.54 Å². The average Bonchev–Trinajstić information content (AvgIpc) is 2.27. The molecule has 0 radical (unpaired) electrons. The third-order valence-electron chi connectivity index (χ3n) is 2.35. The van der Waals surface area contributed by atoms with E-state index in [0.29, 0.717) is 12.1 Å². The van der Waals surface area contributed by atoms with E-state index in [0.717, 1.165) is 16.3 Å². The Kier molecular flexibility index (Phi) is 2.18. The van der Waals surface area contributed by atoms with Gasteiger partial charge in [-0.05, 0) is 22.4 Å². The van der Waals surface area contributed by atoms with Gasteiger partial charge in [0.05, 0.1) is 11.6 Å². The molecule has 0 atom stereocenters. The summed E-state index contributed by atoms with van der Waals surface area (Å²) in [7, 11) is 0. The van der Waals surface area contributed by atoms with E-state index < -0.39 is 0 Å². The Hall–Kier alpha value is -1.85. The van der Waals surface area contributed by atoms with Crippen LogP contribution in [0.1, 0.15) is 11.1 Å². The van der Waals surface area contributed by atoms with Gasteiger partial charge in [0.2, 0.25) is 0 Å². The summed E-state index contributed by atoms with van der Waals surface area (Å²) in [4.78, 5) is 0. The fraction of sp³-hybridized carbons (Fsp3) is 0.0833. The second kappa shape index (κ2) is 3.49. The number of hydrogen-bond acceptors (Lipinski definition) is 2. The average molecular weight is 182 g/mol. The van der Waals surface area contributed by atoms with Crippen LogP contribution in [-0.4, -0.2) is 0 Å². The molecule has 0 spiro atoms. The predicted octanol–water partition coefficient (Wildman–Crippen LogP) is 2.17. The van der Waals surface area contributed by atoms with Gasteiger partial charge in [0.25, 0.3) is 0 Å².